The number of ether oxygens (including phenoxy) is 2. The van der Waals surface area contributed by atoms with Crippen LogP contribution in [0.2, 0.25) is 0 Å². The lowest BCUT2D eigenvalue weighted by atomic mass is 10.2. The van der Waals surface area contributed by atoms with E-state index >= 15 is 0 Å². The molecule has 0 bridgehead atoms. The predicted molar refractivity (Wildman–Crippen MR) is 98.7 cm³/mol. The van der Waals surface area contributed by atoms with Crippen molar-refractivity contribution in [2.24, 2.45) is 7.05 Å². The number of benzene rings is 1. The molecule has 1 aromatic carbocycles. The summed E-state index contributed by atoms with van der Waals surface area (Å²) in [7, 11) is 1.30. The summed E-state index contributed by atoms with van der Waals surface area (Å²) < 4.78 is 11.2. The Balaban J connectivity index is 2.06. The van der Waals surface area contributed by atoms with Crippen molar-refractivity contribution in [2.45, 2.75) is 6.92 Å². The summed E-state index contributed by atoms with van der Waals surface area (Å²) in [5, 5.41) is 0. The van der Waals surface area contributed by atoms with Gasteiger partial charge in [-0.25, -0.2) is 9.59 Å². The first-order valence-corrected chi connectivity index (χ1v) is 8.03. The number of aromatic nitrogens is 2. The summed E-state index contributed by atoms with van der Waals surface area (Å²) in [4.78, 5) is 49.1. The SMILES string of the molecule is CCOc1ccccc1/C=C/C(=O)OCC(=O)c1c(N)n(C)c(=O)[nH]c1=O. The van der Waals surface area contributed by atoms with Crippen LogP contribution in [0.25, 0.3) is 6.08 Å². The molecule has 9 heteroatoms. The highest BCUT2D eigenvalue weighted by atomic mass is 16.5. The van der Waals surface area contributed by atoms with E-state index in [9.17, 15) is 19.2 Å². The Labute approximate surface area is 154 Å². The van der Waals surface area contributed by atoms with Crippen LogP contribution in [0.15, 0.2) is 39.9 Å². The molecule has 0 aliphatic heterocycles. The lowest BCUT2D eigenvalue weighted by Gasteiger charge is -2.08. The number of nitrogen functional groups attached to an aromatic ring is 1. The van der Waals surface area contributed by atoms with Crippen molar-refractivity contribution in [2.75, 3.05) is 18.9 Å². The first-order valence-electron chi connectivity index (χ1n) is 8.03. The van der Waals surface area contributed by atoms with Crippen LogP contribution in [-0.4, -0.2) is 34.5 Å². The van der Waals surface area contributed by atoms with Crippen molar-refractivity contribution in [3.8, 4) is 5.75 Å². The van der Waals surface area contributed by atoms with Gasteiger partial charge in [0.25, 0.3) is 5.56 Å². The van der Waals surface area contributed by atoms with Crippen LogP contribution in [0.1, 0.15) is 22.8 Å². The minimum atomic E-state index is -0.933. The number of ketones is 1. The van der Waals surface area contributed by atoms with Gasteiger partial charge in [-0.2, -0.15) is 0 Å². The van der Waals surface area contributed by atoms with Gasteiger partial charge in [0.1, 0.15) is 17.1 Å². The van der Waals surface area contributed by atoms with E-state index in [1.165, 1.54) is 13.1 Å². The summed E-state index contributed by atoms with van der Waals surface area (Å²) in [6.07, 6.45) is 2.63. The number of hydrogen-bond donors (Lipinski definition) is 2. The van der Waals surface area contributed by atoms with Gasteiger partial charge in [0, 0.05) is 18.7 Å². The quantitative estimate of drug-likeness (QED) is 0.410. The van der Waals surface area contributed by atoms with Crippen LogP contribution >= 0.6 is 0 Å². The highest BCUT2D eigenvalue weighted by Crippen LogP contribution is 2.19. The minimum absolute atomic E-state index is 0.300. The lowest BCUT2D eigenvalue weighted by molar-refractivity contribution is -0.136. The molecule has 0 amide bonds. The molecule has 0 saturated carbocycles. The Morgan fingerprint density at radius 1 is 1.26 bits per heavy atom. The maximum Gasteiger partial charge on any atom is 0.331 e. The molecule has 142 valence electrons. The lowest BCUT2D eigenvalue weighted by Crippen LogP contribution is -2.35. The zero-order chi connectivity index (χ0) is 20.0. The highest BCUT2D eigenvalue weighted by molar-refractivity contribution is 6.01. The van der Waals surface area contributed by atoms with Gasteiger partial charge in [-0.05, 0) is 19.1 Å². The molecular weight excluding hydrogens is 354 g/mol. The summed E-state index contributed by atoms with van der Waals surface area (Å²) >= 11 is 0. The first kappa shape index (κ1) is 19.7. The van der Waals surface area contributed by atoms with E-state index in [1.807, 2.05) is 11.9 Å². The zero-order valence-electron chi connectivity index (χ0n) is 14.9. The second-order valence-corrected chi connectivity index (χ2v) is 5.41. The second-order valence-electron chi connectivity index (χ2n) is 5.41. The number of H-pyrrole nitrogens is 1. The maximum atomic E-state index is 12.1. The van der Waals surface area contributed by atoms with Crippen LogP contribution in [0.5, 0.6) is 5.75 Å². The number of rotatable bonds is 7. The molecule has 0 spiro atoms. The third-order valence-corrected chi connectivity index (χ3v) is 3.61. The number of nitrogens with zero attached hydrogens (tertiary/aromatic N) is 1. The number of nitrogens with one attached hydrogen (secondary N) is 1. The van der Waals surface area contributed by atoms with Crippen LogP contribution in [0, 0.1) is 0 Å². The fraction of sp³-hybridized carbons (Fsp3) is 0.222. The second kappa shape index (κ2) is 8.65. The minimum Gasteiger partial charge on any atom is -0.493 e. The van der Waals surface area contributed by atoms with E-state index in [4.69, 9.17) is 15.2 Å². The Morgan fingerprint density at radius 2 is 1.96 bits per heavy atom. The summed E-state index contributed by atoms with van der Waals surface area (Å²) in [6, 6.07) is 7.09. The fourth-order valence-corrected chi connectivity index (χ4v) is 2.23. The molecule has 2 rings (SSSR count). The molecule has 1 aromatic heterocycles. The summed E-state index contributed by atoms with van der Waals surface area (Å²) in [5.41, 5.74) is 4.18. The van der Waals surface area contributed by atoms with Crippen LogP contribution < -0.4 is 21.7 Å². The largest absolute Gasteiger partial charge is 0.493 e. The molecule has 0 aliphatic carbocycles. The topological polar surface area (TPSA) is 133 Å². The Hall–Kier alpha value is -3.62. The van der Waals surface area contributed by atoms with Crippen molar-refractivity contribution in [3.63, 3.8) is 0 Å². The smallest absolute Gasteiger partial charge is 0.331 e. The van der Waals surface area contributed by atoms with Gasteiger partial charge in [0.05, 0.1) is 6.61 Å². The van der Waals surface area contributed by atoms with E-state index in [-0.39, 0.29) is 5.82 Å². The third kappa shape index (κ3) is 4.72. The molecule has 0 unspecified atom stereocenters. The Bertz CT molecular complexity index is 1000. The average molecular weight is 373 g/mol. The number of nitrogens with two attached hydrogens (primary N) is 1. The van der Waals surface area contributed by atoms with Gasteiger partial charge >= 0.3 is 11.7 Å². The van der Waals surface area contributed by atoms with Gasteiger partial charge in [0.15, 0.2) is 6.61 Å². The molecule has 0 aliphatic rings. The number of aromatic amines is 1. The average Bonchev–Trinajstić information content (AvgIpc) is 2.64. The molecule has 0 saturated heterocycles. The standard InChI is InChI=1S/C18H19N3O6/c1-3-26-13-7-5-4-6-11(13)8-9-14(23)27-10-12(22)15-16(19)21(2)18(25)20-17(15)24/h4-9H,3,10,19H2,1-2H3,(H,20,24,25)/b9-8+. The van der Waals surface area contributed by atoms with E-state index in [1.54, 1.807) is 24.3 Å². The van der Waals surface area contributed by atoms with Gasteiger partial charge in [0.2, 0.25) is 5.78 Å². The molecule has 3 N–H and O–H groups in total. The maximum absolute atomic E-state index is 12.1. The van der Waals surface area contributed by atoms with Gasteiger partial charge in [-0.15, -0.1) is 0 Å². The number of carbonyl (C=O) groups excluding carboxylic acids is 2. The zero-order valence-corrected chi connectivity index (χ0v) is 14.9. The van der Waals surface area contributed by atoms with Crippen molar-refractivity contribution >= 4 is 23.6 Å². The third-order valence-electron chi connectivity index (χ3n) is 3.61. The molecule has 9 nitrogen and oxygen atoms in total. The number of esters is 1. The van der Waals surface area contributed by atoms with Crippen LogP contribution in [-0.2, 0) is 16.6 Å². The normalized spacial score (nSPS) is 10.7. The van der Waals surface area contributed by atoms with E-state index < -0.39 is 35.2 Å². The number of carbonyl (C=O) groups is 2. The van der Waals surface area contributed by atoms with E-state index in [0.717, 1.165) is 10.6 Å². The first-order chi connectivity index (χ1) is 12.8. The molecule has 0 radical (unpaired) electrons. The molecule has 27 heavy (non-hydrogen) atoms. The van der Waals surface area contributed by atoms with Gasteiger partial charge < -0.3 is 15.2 Å². The monoisotopic (exact) mass is 373 g/mol. The number of hydrogen-bond acceptors (Lipinski definition) is 7. The fourth-order valence-electron chi connectivity index (χ4n) is 2.23. The van der Waals surface area contributed by atoms with Crippen LogP contribution in [0.3, 0.4) is 0 Å². The number of para-hydroxylation sites is 1. The highest BCUT2D eigenvalue weighted by Gasteiger charge is 2.19. The van der Waals surface area contributed by atoms with E-state index in [0.29, 0.717) is 17.9 Å². The van der Waals surface area contributed by atoms with Crippen molar-refractivity contribution in [3.05, 3.63) is 62.3 Å². The summed E-state index contributed by atoms with van der Waals surface area (Å²) in [6.45, 7) is 1.62. The van der Waals surface area contributed by atoms with Crippen molar-refractivity contribution in [1.29, 1.82) is 0 Å². The molecular formula is C18H19N3O6. The number of anilines is 1. The number of Topliss-reactive ketones (excluding diaryl/α,β-unsaturated/α-hetero) is 1. The van der Waals surface area contributed by atoms with Gasteiger partial charge in [-0.1, -0.05) is 18.2 Å². The van der Waals surface area contributed by atoms with Crippen LogP contribution in [0.4, 0.5) is 5.82 Å². The Morgan fingerprint density at radius 3 is 2.67 bits per heavy atom. The Kier molecular flexibility index (Phi) is 6.32. The van der Waals surface area contributed by atoms with Crippen molar-refractivity contribution < 1.29 is 19.1 Å². The summed E-state index contributed by atoms with van der Waals surface area (Å²) in [5.74, 6) is -1.30. The predicted octanol–water partition coefficient (Wildman–Crippen LogP) is 0.494. The van der Waals surface area contributed by atoms with E-state index in [2.05, 4.69) is 0 Å². The molecule has 0 atom stereocenters. The van der Waals surface area contributed by atoms with Gasteiger partial charge in [-0.3, -0.25) is 19.1 Å². The van der Waals surface area contributed by atoms with Crippen molar-refractivity contribution in [1.82, 2.24) is 9.55 Å². The molecule has 1 heterocycles. The molecule has 2 aromatic rings. The molecule has 0 fully saturated rings.